The molecule has 3 heteroatoms. The summed E-state index contributed by atoms with van der Waals surface area (Å²) < 4.78 is 5.68. The quantitative estimate of drug-likeness (QED) is 0.795. The van der Waals surface area contributed by atoms with Crippen LogP contribution in [0, 0.1) is 5.92 Å². The van der Waals surface area contributed by atoms with Crippen molar-refractivity contribution < 1.29 is 9.84 Å². The molecule has 2 aliphatic rings. The second kappa shape index (κ2) is 5.03. The van der Waals surface area contributed by atoms with Gasteiger partial charge >= 0.3 is 0 Å². The number of hydrogen-bond donors (Lipinski definition) is 1. The van der Waals surface area contributed by atoms with Crippen LogP contribution in [0.5, 0.6) is 0 Å². The molecule has 94 valence electrons. The van der Waals surface area contributed by atoms with E-state index in [4.69, 9.17) is 4.74 Å². The van der Waals surface area contributed by atoms with E-state index in [0.717, 1.165) is 26.2 Å². The van der Waals surface area contributed by atoms with Gasteiger partial charge in [-0.15, -0.1) is 0 Å². The van der Waals surface area contributed by atoms with Gasteiger partial charge in [0, 0.05) is 19.6 Å². The third kappa shape index (κ3) is 3.19. The van der Waals surface area contributed by atoms with Crippen LogP contribution in [0.1, 0.15) is 39.5 Å². The van der Waals surface area contributed by atoms with E-state index in [-0.39, 0.29) is 11.7 Å². The number of rotatable bonds is 3. The molecule has 0 bridgehead atoms. The molecule has 0 aromatic rings. The largest absolute Gasteiger partial charge is 0.392 e. The molecular formula is C13H25NO2. The Morgan fingerprint density at radius 1 is 1.38 bits per heavy atom. The predicted octanol–water partition coefficient (Wildman–Crippen LogP) is 1.65. The third-order valence-corrected chi connectivity index (χ3v) is 3.89. The molecule has 1 aliphatic carbocycles. The van der Waals surface area contributed by atoms with Crippen LogP contribution in [-0.2, 0) is 4.74 Å². The number of aliphatic hydroxyl groups excluding tert-OH is 1. The summed E-state index contributed by atoms with van der Waals surface area (Å²) in [6, 6.07) is 0. The van der Waals surface area contributed by atoms with Crippen LogP contribution in [0.3, 0.4) is 0 Å². The Morgan fingerprint density at radius 2 is 2.06 bits per heavy atom. The topological polar surface area (TPSA) is 32.7 Å². The first-order chi connectivity index (χ1) is 7.57. The number of morpholine rings is 1. The maximum atomic E-state index is 10.2. The summed E-state index contributed by atoms with van der Waals surface area (Å²) in [5.74, 6) is 0.547. The van der Waals surface area contributed by atoms with Crippen LogP contribution in [0.15, 0.2) is 0 Å². The van der Waals surface area contributed by atoms with Crippen LogP contribution in [0.4, 0.5) is 0 Å². The molecule has 0 spiro atoms. The summed E-state index contributed by atoms with van der Waals surface area (Å²) in [6.07, 6.45) is 4.91. The van der Waals surface area contributed by atoms with Gasteiger partial charge < -0.3 is 9.84 Å². The van der Waals surface area contributed by atoms with Crippen molar-refractivity contribution in [3.8, 4) is 0 Å². The molecular weight excluding hydrogens is 202 g/mol. The van der Waals surface area contributed by atoms with Gasteiger partial charge in [-0.2, -0.15) is 0 Å². The van der Waals surface area contributed by atoms with Crippen molar-refractivity contribution in [2.75, 3.05) is 26.2 Å². The highest BCUT2D eigenvalue weighted by Gasteiger charge is 2.30. The number of ether oxygens (including phenoxy) is 1. The number of nitrogens with zero attached hydrogens (tertiary/aromatic N) is 1. The molecule has 1 saturated heterocycles. The highest BCUT2D eigenvalue weighted by atomic mass is 16.5. The molecule has 1 N–H and O–H groups in total. The average Bonchev–Trinajstić information content (AvgIpc) is 2.68. The molecule has 0 radical (unpaired) electrons. The minimum Gasteiger partial charge on any atom is -0.392 e. The van der Waals surface area contributed by atoms with Gasteiger partial charge in [0.15, 0.2) is 0 Å². The first-order valence-electron chi connectivity index (χ1n) is 6.61. The molecule has 0 aromatic carbocycles. The smallest absolute Gasteiger partial charge is 0.0753 e. The molecule has 3 nitrogen and oxygen atoms in total. The molecule has 1 saturated carbocycles. The lowest BCUT2D eigenvalue weighted by molar-refractivity contribution is -0.0959. The highest BCUT2D eigenvalue weighted by Crippen LogP contribution is 2.28. The fourth-order valence-corrected chi connectivity index (χ4v) is 3.03. The minimum absolute atomic E-state index is 0.0480. The van der Waals surface area contributed by atoms with Crippen molar-refractivity contribution in [1.82, 2.24) is 4.90 Å². The van der Waals surface area contributed by atoms with Crippen molar-refractivity contribution in [2.24, 2.45) is 5.92 Å². The summed E-state index contributed by atoms with van der Waals surface area (Å²) in [6.45, 7) is 7.79. The van der Waals surface area contributed by atoms with Crippen LogP contribution in [-0.4, -0.2) is 48.0 Å². The standard InChI is InChI=1S/C13H25NO2/c1-13(2)10-14(7-8-16-13)9-12(15)11-5-3-4-6-11/h11-12,15H,3-10H2,1-2H3. The molecule has 1 unspecified atom stereocenters. The third-order valence-electron chi connectivity index (χ3n) is 3.89. The van der Waals surface area contributed by atoms with E-state index in [2.05, 4.69) is 18.7 Å². The molecule has 2 fully saturated rings. The van der Waals surface area contributed by atoms with Gasteiger partial charge in [-0.25, -0.2) is 0 Å². The SMILES string of the molecule is CC1(C)CN(CC(O)C2CCCC2)CCO1. The number of hydrogen-bond acceptors (Lipinski definition) is 3. The zero-order valence-corrected chi connectivity index (χ0v) is 10.6. The maximum Gasteiger partial charge on any atom is 0.0753 e. The van der Waals surface area contributed by atoms with Gasteiger partial charge in [0.2, 0.25) is 0 Å². The lowest BCUT2D eigenvalue weighted by Gasteiger charge is -2.39. The second-order valence-corrected chi connectivity index (χ2v) is 5.96. The van der Waals surface area contributed by atoms with Crippen LogP contribution < -0.4 is 0 Å². The summed E-state index contributed by atoms with van der Waals surface area (Å²) in [4.78, 5) is 2.35. The van der Waals surface area contributed by atoms with Gasteiger partial charge in [-0.05, 0) is 32.6 Å². The lowest BCUT2D eigenvalue weighted by Crippen LogP contribution is -2.51. The predicted molar refractivity (Wildman–Crippen MR) is 64.4 cm³/mol. The monoisotopic (exact) mass is 227 g/mol. The van der Waals surface area contributed by atoms with E-state index < -0.39 is 0 Å². The van der Waals surface area contributed by atoms with Gasteiger partial charge in [-0.3, -0.25) is 4.90 Å². The van der Waals surface area contributed by atoms with Gasteiger partial charge in [0.05, 0.1) is 18.3 Å². The maximum absolute atomic E-state index is 10.2. The Kier molecular flexibility index (Phi) is 3.88. The zero-order chi connectivity index (χ0) is 11.6. The van der Waals surface area contributed by atoms with Crippen LogP contribution in [0.2, 0.25) is 0 Å². The summed E-state index contributed by atoms with van der Waals surface area (Å²) in [5, 5.41) is 10.2. The van der Waals surface area contributed by atoms with Crippen LogP contribution in [0.25, 0.3) is 0 Å². The van der Waals surface area contributed by atoms with Crippen molar-refractivity contribution in [2.45, 2.75) is 51.2 Å². The Morgan fingerprint density at radius 3 is 2.69 bits per heavy atom. The Bertz CT molecular complexity index is 224. The first-order valence-corrected chi connectivity index (χ1v) is 6.61. The molecule has 1 aliphatic heterocycles. The van der Waals surface area contributed by atoms with E-state index in [1.54, 1.807) is 0 Å². The molecule has 0 aromatic heterocycles. The van der Waals surface area contributed by atoms with Gasteiger partial charge in [0.25, 0.3) is 0 Å². The Balaban J connectivity index is 1.79. The minimum atomic E-state index is -0.128. The highest BCUT2D eigenvalue weighted by molar-refractivity contribution is 4.83. The second-order valence-electron chi connectivity index (χ2n) is 5.96. The van der Waals surface area contributed by atoms with E-state index in [1.165, 1.54) is 25.7 Å². The normalized spacial score (nSPS) is 29.4. The molecule has 1 heterocycles. The Hall–Kier alpha value is -0.120. The summed E-state index contributed by atoms with van der Waals surface area (Å²) in [5.41, 5.74) is -0.0480. The van der Waals surface area contributed by atoms with E-state index >= 15 is 0 Å². The number of β-amino-alcohol motifs (C(OH)–C–C–N with tert-alkyl or cyclic N) is 1. The van der Waals surface area contributed by atoms with Crippen LogP contribution >= 0.6 is 0 Å². The first kappa shape index (κ1) is 12.3. The fraction of sp³-hybridized carbons (Fsp3) is 1.00. The van der Waals surface area contributed by atoms with E-state index in [9.17, 15) is 5.11 Å². The molecule has 16 heavy (non-hydrogen) atoms. The van der Waals surface area contributed by atoms with Crippen molar-refractivity contribution in [3.63, 3.8) is 0 Å². The molecule has 2 rings (SSSR count). The van der Waals surface area contributed by atoms with Gasteiger partial charge in [-0.1, -0.05) is 12.8 Å². The summed E-state index contributed by atoms with van der Waals surface area (Å²) in [7, 11) is 0. The van der Waals surface area contributed by atoms with Crippen molar-refractivity contribution in [1.29, 1.82) is 0 Å². The number of aliphatic hydroxyl groups is 1. The molecule has 1 atom stereocenters. The Labute approximate surface area is 98.8 Å². The van der Waals surface area contributed by atoms with Gasteiger partial charge in [0.1, 0.15) is 0 Å². The zero-order valence-electron chi connectivity index (χ0n) is 10.6. The molecule has 0 amide bonds. The van der Waals surface area contributed by atoms with E-state index in [0.29, 0.717) is 5.92 Å². The van der Waals surface area contributed by atoms with E-state index in [1.807, 2.05) is 0 Å². The van der Waals surface area contributed by atoms with Crippen molar-refractivity contribution >= 4 is 0 Å². The lowest BCUT2D eigenvalue weighted by atomic mass is 9.99. The van der Waals surface area contributed by atoms with Crippen molar-refractivity contribution in [3.05, 3.63) is 0 Å². The fourth-order valence-electron chi connectivity index (χ4n) is 3.03. The average molecular weight is 227 g/mol. The summed E-state index contributed by atoms with van der Waals surface area (Å²) >= 11 is 0.